The molecule has 1 atom stereocenters. The molecule has 0 radical (unpaired) electrons. The first-order valence-electron chi connectivity index (χ1n) is 7.26. The highest BCUT2D eigenvalue weighted by atomic mass is 16.6. The van der Waals surface area contributed by atoms with Crippen molar-refractivity contribution >= 4 is 6.09 Å². The van der Waals surface area contributed by atoms with Crippen molar-refractivity contribution in [3.8, 4) is 0 Å². The second kappa shape index (κ2) is 5.29. The van der Waals surface area contributed by atoms with Gasteiger partial charge in [-0.2, -0.15) is 0 Å². The maximum atomic E-state index is 12.0. The van der Waals surface area contributed by atoms with Crippen LogP contribution in [0, 0.1) is 0 Å². The van der Waals surface area contributed by atoms with Gasteiger partial charge in [0.25, 0.3) is 0 Å². The lowest BCUT2D eigenvalue weighted by Crippen LogP contribution is -2.66. The average molecular weight is 269 g/mol. The van der Waals surface area contributed by atoms with E-state index < -0.39 is 5.60 Å². The van der Waals surface area contributed by atoms with Crippen LogP contribution in [0.4, 0.5) is 4.79 Å². The Morgan fingerprint density at radius 1 is 1.32 bits per heavy atom. The molecule has 2 rings (SSSR count). The lowest BCUT2D eigenvalue weighted by atomic mass is 9.85. The van der Waals surface area contributed by atoms with Gasteiger partial charge in [-0.05, 0) is 40.5 Å². The molecule has 0 saturated carbocycles. The van der Waals surface area contributed by atoms with Crippen molar-refractivity contribution in [1.82, 2.24) is 15.5 Å². The van der Waals surface area contributed by atoms with Gasteiger partial charge >= 0.3 is 6.09 Å². The van der Waals surface area contributed by atoms with Crippen LogP contribution in [0.2, 0.25) is 0 Å². The minimum Gasteiger partial charge on any atom is -0.444 e. The predicted octanol–water partition coefficient (Wildman–Crippen LogP) is 1.34. The summed E-state index contributed by atoms with van der Waals surface area (Å²) in [6.45, 7) is 11.5. The summed E-state index contributed by atoms with van der Waals surface area (Å²) in [6, 6.07) is 0.502. The Labute approximate surface area is 116 Å². The van der Waals surface area contributed by atoms with E-state index in [9.17, 15) is 4.79 Å². The van der Waals surface area contributed by atoms with Crippen molar-refractivity contribution in [1.29, 1.82) is 0 Å². The molecule has 2 aliphatic heterocycles. The fourth-order valence-electron chi connectivity index (χ4n) is 2.92. The van der Waals surface area contributed by atoms with Crippen LogP contribution in [0.25, 0.3) is 0 Å². The lowest BCUT2D eigenvalue weighted by Gasteiger charge is -2.47. The number of nitrogens with one attached hydrogen (secondary N) is 2. The van der Waals surface area contributed by atoms with Crippen molar-refractivity contribution in [3.05, 3.63) is 0 Å². The van der Waals surface area contributed by atoms with E-state index in [1.54, 1.807) is 0 Å². The second-order valence-corrected chi connectivity index (χ2v) is 6.92. The van der Waals surface area contributed by atoms with Crippen molar-refractivity contribution < 1.29 is 9.53 Å². The van der Waals surface area contributed by atoms with Gasteiger partial charge in [-0.25, -0.2) is 4.79 Å². The molecule has 0 bridgehead atoms. The van der Waals surface area contributed by atoms with E-state index in [1.165, 1.54) is 0 Å². The third-order valence-electron chi connectivity index (χ3n) is 3.84. The standard InChI is InChI=1S/C14H27N3O2/c1-11-9-15-10-14(16-11)5-7-17(8-6-14)12(18)19-13(2,3)4/h11,15-16H,5-10H2,1-4H3. The van der Waals surface area contributed by atoms with Gasteiger partial charge in [0.2, 0.25) is 0 Å². The highest BCUT2D eigenvalue weighted by molar-refractivity contribution is 5.68. The van der Waals surface area contributed by atoms with Crippen LogP contribution < -0.4 is 10.6 Å². The quantitative estimate of drug-likeness (QED) is 0.697. The molecule has 2 aliphatic rings. The van der Waals surface area contributed by atoms with Gasteiger partial charge < -0.3 is 20.3 Å². The third kappa shape index (κ3) is 3.83. The van der Waals surface area contributed by atoms with Crippen LogP contribution >= 0.6 is 0 Å². The summed E-state index contributed by atoms with van der Waals surface area (Å²) in [5.41, 5.74) is -0.248. The summed E-state index contributed by atoms with van der Waals surface area (Å²) in [5, 5.41) is 7.18. The Hall–Kier alpha value is -0.810. The number of ether oxygens (including phenoxy) is 1. The summed E-state index contributed by atoms with van der Waals surface area (Å²) in [4.78, 5) is 13.8. The Kier molecular flexibility index (Phi) is 4.06. The lowest BCUT2D eigenvalue weighted by molar-refractivity contribution is 0.0126. The van der Waals surface area contributed by atoms with Crippen molar-refractivity contribution in [3.63, 3.8) is 0 Å². The first-order valence-corrected chi connectivity index (χ1v) is 7.26. The van der Waals surface area contributed by atoms with E-state index in [4.69, 9.17) is 4.74 Å². The number of amides is 1. The number of carbonyl (C=O) groups is 1. The second-order valence-electron chi connectivity index (χ2n) is 6.92. The van der Waals surface area contributed by atoms with Gasteiger partial charge in [-0.3, -0.25) is 0 Å². The summed E-state index contributed by atoms with van der Waals surface area (Å²) in [7, 11) is 0. The molecular formula is C14H27N3O2. The molecule has 2 heterocycles. The SMILES string of the molecule is CC1CNCC2(CCN(C(=O)OC(C)(C)C)CC2)N1. The smallest absolute Gasteiger partial charge is 0.410 e. The zero-order chi connectivity index (χ0) is 14.1. The molecule has 0 aromatic rings. The van der Waals surface area contributed by atoms with Crippen molar-refractivity contribution in [2.45, 2.75) is 57.7 Å². The number of nitrogens with zero attached hydrogens (tertiary/aromatic N) is 1. The summed E-state index contributed by atoms with van der Waals surface area (Å²) < 4.78 is 5.43. The monoisotopic (exact) mass is 269 g/mol. The molecule has 2 fully saturated rings. The fraction of sp³-hybridized carbons (Fsp3) is 0.929. The van der Waals surface area contributed by atoms with Crippen LogP contribution in [0.5, 0.6) is 0 Å². The molecular weight excluding hydrogens is 242 g/mol. The highest BCUT2D eigenvalue weighted by Gasteiger charge is 2.39. The van der Waals surface area contributed by atoms with Crippen molar-refractivity contribution in [2.75, 3.05) is 26.2 Å². The summed E-state index contributed by atoms with van der Waals surface area (Å²) in [5.74, 6) is 0. The maximum Gasteiger partial charge on any atom is 0.410 e. The van der Waals surface area contributed by atoms with Crippen LogP contribution in [0.15, 0.2) is 0 Å². The number of carbonyl (C=O) groups excluding carboxylic acids is 1. The normalized spacial score (nSPS) is 27.4. The molecule has 5 nitrogen and oxygen atoms in total. The molecule has 1 amide bonds. The Bertz CT molecular complexity index is 330. The summed E-state index contributed by atoms with van der Waals surface area (Å²) in [6.07, 6.45) is 1.80. The number of likely N-dealkylation sites (tertiary alicyclic amines) is 1. The van der Waals surface area contributed by atoms with Gasteiger partial charge in [-0.15, -0.1) is 0 Å². The molecule has 1 spiro atoms. The van der Waals surface area contributed by atoms with Crippen LogP contribution in [0.3, 0.4) is 0 Å². The van der Waals surface area contributed by atoms with E-state index in [1.807, 2.05) is 25.7 Å². The molecule has 1 unspecified atom stereocenters. The molecule has 19 heavy (non-hydrogen) atoms. The van der Waals surface area contributed by atoms with Gasteiger partial charge in [0.05, 0.1) is 0 Å². The van der Waals surface area contributed by atoms with E-state index in [0.29, 0.717) is 6.04 Å². The highest BCUT2D eigenvalue weighted by Crippen LogP contribution is 2.25. The summed E-state index contributed by atoms with van der Waals surface area (Å²) >= 11 is 0. The largest absolute Gasteiger partial charge is 0.444 e. The van der Waals surface area contributed by atoms with E-state index in [2.05, 4.69) is 17.6 Å². The molecule has 0 aromatic carbocycles. The molecule has 2 N–H and O–H groups in total. The minimum atomic E-state index is -0.411. The minimum absolute atomic E-state index is 0.163. The zero-order valence-electron chi connectivity index (χ0n) is 12.6. The number of rotatable bonds is 0. The average Bonchev–Trinajstić information content (AvgIpc) is 2.27. The molecule has 0 aliphatic carbocycles. The van der Waals surface area contributed by atoms with E-state index in [-0.39, 0.29) is 11.6 Å². The molecule has 0 aromatic heterocycles. The first kappa shape index (κ1) is 14.6. The maximum absolute atomic E-state index is 12.0. The number of hydrogen-bond acceptors (Lipinski definition) is 4. The van der Waals surface area contributed by atoms with Crippen LogP contribution in [0.1, 0.15) is 40.5 Å². The van der Waals surface area contributed by atoms with Crippen LogP contribution in [-0.4, -0.2) is 54.4 Å². The molecule has 2 saturated heterocycles. The first-order chi connectivity index (χ1) is 8.80. The van der Waals surface area contributed by atoms with E-state index >= 15 is 0 Å². The molecule has 110 valence electrons. The Morgan fingerprint density at radius 3 is 2.47 bits per heavy atom. The van der Waals surface area contributed by atoms with Gasteiger partial charge in [-0.1, -0.05) is 0 Å². The van der Waals surface area contributed by atoms with Gasteiger partial charge in [0.15, 0.2) is 0 Å². The number of piperazine rings is 1. The van der Waals surface area contributed by atoms with Crippen molar-refractivity contribution in [2.24, 2.45) is 0 Å². The Balaban J connectivity index is 1.87. The molecule has 5 heteroatoms. The number of hydrogen-bond donors (Lipinski definition) is 2. The van der Waals surface area contributed by atoms with Crippen LogP contribution in [-0.2, 0) is 4.74 Å². The third-order valence-corrected chi connectivity index (χ3v) is 3.84. The predicted molar refractivity (Wildman–Crippen MR) is 75.2 cm³/mol. The van der Waals surface area contributed by atoms with Gasteiger partial charge in [0.1, 0.15) is 5.60 Å². The number of piperidine rings is 1. The van der Waals surface area contributed by atoms with E-state index in [0.717, 1.165) is 39.0 Å². The fourth-order valence-corrected chi connectivity index (χ4v) is 2.92. The topological polar surface area (TPSA) is 53.6 Å². The Morgan fingerprint density at radius 2 is 1.95 bits per heavy atom. The van der Waals surface area contributed by atoms with Gasteiger partial charge in [0, 0.05) is 37.8 Å². The zero-order valence-corrected chi connectivity index (χ0v) is 12.6.